The molecule has 630 valence electrons. The van der Waals surface area contributed by atoms with E-state index in [4.69, 9.17) is 28.4 Å². The summed E-state index contributed by atoms with van der Waals surface area (Å²) in [6.45, 7) is 1.74. The molecule has 17 unspecified atom stereocenters. The number of aliphatic hydroxyl groups excluding tert-OH is 11. The average Bonchev–Trinajstić information content (AvgIpc) is 0.787. The van der Waals surface area contributed by atoms with E-state index in [1.165, 1.54) is 238 Å². The zero-order chi connectivity index (χ0) is 78.1. The second-order valence-electron chi connectivity index (χ2n) is 31.3. The van der Waals surface area contributed by atoms with Gasteiger partial charge in [0.05, 0.1) is 38.6 Å². The largest absolute Gasteiger partial charge is 0.394 e. The fourth-order valence-electron chi connectivity index (χ4n) is 14.8. The van der Waals surface area contributed by atoms with E-state index in [0.29, 0.717) is 12.8 Å². The summed E-state index contributed by atoms with van der Waals surface area (Å²) in [4.78, 5) is 13.5. The van der Waals surface area contributed by atoms with E-state index in [0.717, 1.165) is 83.5 Å². The number of aliphatic hydroxyl groups is 11. The number of ether oxygens (including phenoxy) is 6. The van der Waals surface area contributed by atoms with Gasteiger partial charge in [-0.15, -0.1) is 0 Å². The van der Waals surface area contributed by atoms with Crippen LogP contribution in [0.5, 0.6) is 0 Å². The zero-order valence-electron chi connectivity index (χ0n) is 67.8. The highest BCUT2D eigenvalue weighted by Gasteiger charge is 2.54. The van der Waals surface area contributed by atoms with Gasteiger partial charge in [0.15, 0.2) is 18.9 Å². The molecule has 0 spiro atoms. The Morgan fingerprint density at radius 1 is 0.343 bits per heavy atom. The van der Waals surface area contributed by atoms with Crippen molar-refractivity contribution in [1.82, 2.24) is 5.32 Å². The SMILES string of the molecule is CC/C=C\C/C=C\C/C=C\C/C=C\C/C=C\C/C=C\CCCCCCCCCCCCCCCCCCCCCCCCC(=O)NC(COC1OC(CO)C(OC2OC(CO)C(OC3OC(CO)C(O)C(O)C3O)C(O)C2O)C(O)C1O)C(O)CCCCCCCCCCCCCCCCCCCCCCCC. The molecule has 19 nitrogen and oxygen atoms in total. The molecule has 0 aromatic heterocycles. The van der Waals surface area contributed by atoms with Crippen LogP contribution >= 0.6 is 0 Å². The molecule has 0 radical (unpaired) electrons. The highest BCUT2D eigenvalue weighted by atomic mass is 16.8. The molecule has 3 rings (SSSR count). The highest BCUT2D eigenvalue weighted by molar-refractivity contribution is 5.76. The lowest BCUT2D eigenvalue weighted by Gasteiger charge is -2.48. The maximum Gasteiger partial charge on any atom is 0.220 e. The van der Waals surface area contributed by atoms with E-state index in [-0.39, 0.29) is 18.9 Å². The summed E-state index contributed by atoms with van der Waals surface area (Å²) in [5.41, 5.74) is 0. The molecule has 0 aromatic carbocycles. The van der Waals surface area contributed by atoms with Gasteiger partial charge in [-0.3, -0.25) is 4.79 Å². The molecular weight excluding hydrogens is 1370 g/mol. The zero-order valence-corrected chi connectivity index (χ0v) is 67.8. The lowest BCUT2D eigenvalue weighted by Crippen LogP contribution is -2.66. The standard InChI is InChI=1S/C89H161NO18/c1-3-5-7-9-11-13-15-17-19-21-23-25-27-28-29-30-31-32-33-34-35-36-37-38-39-40-41-42-43-44-45-47-49-51-53-55-57-59-61-63-65-67-77(95)90-72(73(94)66-64-62-60-58-56-54-52-50-48-46-26-24-22-20-18-16-14-12-10-8-6-4-2)71-103-87-83(101)80(98)85(75(69-92)105-87)108-89-84(102)81(99)86(76(70-93)106-89)107-88-82(100)79(97)78(96)74(68-91)104-88/h5,7,11,13,17,19,23,25,28-29,31-32,72-76,78-89,91-94,96-102H,3-4,6,8-10,12,14-16,18,20-22,24,26-27,30,33-71H2,1-2H3,(H,90,95)/b7-5-,13-11-,19-17-,25-23-,29-28-,32-31-. The Labute approximate surface area is 655 Å². The van der Waals surface area contributed by atoms with Crippen LogP contribution in [-0.2, 0) is 33.2 Å². The fourth-order valence-corrected chi connectivity index (χ4v) is 14.8. The molecule has 3 saturated heterocycles. The molecule has 108 heavy (non-hydrogen) atoms. The molecule has 0 aromatic rings. The predicted octanol–water partition coefficient (Wildman–Crippen LogP) is 16.3. The first-order valence-electron chi connectivity index (χ1n) is 44.2. The van der Waals surface area contributed by atoms with Gasteiger partial charge in [-0.1, -0.05) is 356 Å². The summed E-state index contributed by atoms with van der Waals surface area (Å²) in [6, 6.07) is -0.889. The number of allylic oxidation sites excluding steroid dienone is 12. The van der Waals surface area contributed by atoms with Crippen molar-refractivity contribution in [3.8, 4) is 0 Å². The normalized spacial score (nSPS) is 25.7. The van der Waals surface area contributed by atoms with Crippen molar-refractivity contribution < 1.29 is 89.4 Å². The minimum absolute atomic E-state index is 0.237. The lowest BCUT2D eigenvalue weighted by molar-refractivity contribution is -0.379. The number of nitrogens with one attached hydrogen (secondary N) is 1. The molecule has 3 heterocycles. The number of hydrogen-bond acceptors (Lipinski definition) is 18. The Bertz CT molecular complexity index is 2230. The molecule has 0 aliphatic carbocycles. The topological polar surface area (TPSA) is 307 Å². The van der Waals surface area contributed by atoms with Gasteiger partial charge in [-0.25, -0.2) is 0 Å². The Balaban J connectivity index is 1.29. The first-order chi connectivity index (χ1) is 52.8. The molecule has 3 aliphatic heterocycles. The molecule has 0 bridgehead atoms. The summed E-state index contributed by atoms with van der Waals surface area (Å²) in [5.74, 6) is -0.237. The number of unbranched alkanes of at least 4 members (excludes halogenated alkanes) is 43. The van der Waals surface area contributed by atoms with Crippen molar-refractivity contribution in [2.24, 2.45) is 0 Å². The fraction of sp³-hybridized carbons (Fsp3) is 0.854. The summed E-state index contributed by atoms with van der Waals surface area (Å²) >= 11 is 0. The molecule has 19 heteroatoms. The van der Waals surface area contributed by atoms with Gasteiger partial charge in [-0.2, -0.15) is 0 Å². The van der Waals surface area contributed by atoms with Crippen LogP contribution in [-0.4, -0.2) is 193 Å². The molecule has 3 fully saturated rings. The highest BCUT2D eigenvalue weighted by Crippen LogP contribution is 2.34. The number of carbonyl (C=O) groups excluding carboxylic acids is 1. The van der Waals surface area contributed by atoms with E-state index < -0.39 is 124 Å². The van der Waals surface area contributed by atoms with Crippen LogP contribution in [0.25, 0.3) is 0 Å². The van der Waals surface area contributed by atoms with E-state index in [2.05, 4.69) is 92.1 Å². The molecule has 0 saturated carbocycles. The third kappa shape index (κ3) is 47.2. The van der Waals surface area contributed by atoms with Crippen LogP contribution in [0, 0.1) is 0 Å². The molecule has 17 atom stereocenters. The summed E-state index contributed by atoms with van der Waals surface area (Å²) < 4.78 is 34.6. The summed E-state index contributed by atoms with van der Waals surface area (Å²) in [6.07, 6.45) is 64.4. The second-order valence-corrected chi connectivity index (χ2v) is 31.3. The summed E-state index contributed by atoms with van der Waals surface area (Å²) in [7, 11) is 0. The van der Waals surface area contributed by atoms with Crippen LogP contribution in [0.1, 0.15) is 354 Å². The quantitative estimate of drug-likeness (QED) is 0.0199. The van der Waals surface area contributed by atoms with Gasteiger partial charge in [-0.05, 0) is 64.2 Å². The van der Waals surface area contributed by atoms with Gasteiger partial charge in [0.2, 0.25) is 5.91 Å². The van der Waals surface area contributed by atoms with Gasteiger partial charge in [0, 0.05) is 6.42 Å². The van der Waals surface area contributed by atoms with E-state index in [1.54, 1.807) is 0 Å². The van der Waals surface area contributed by atoms with Crippen molar-refractivity contribution in [1.29, 1.82) is 0 Å². The average molecular weight is 1530 g/mol. The Morgan fingerprint density at radius 3 is 1.00 bits per heavy atom. The maximum absolute atomic E-state index is 13.5. The van der Waals surface area contributed by atoms with Crippen molar-refractivity contribution in [2.75, 3.05) is 26.4 Å². The van der Waals surface area contributed by atoms with E-state index >= 15 is 0 Å². The van der Waals surface area contributed by atoms with Gasteiger partial charge in [0.1, 0.15) is 73.2 Å². The Hall–Kier alpha value is -2.77. The summed E-state index contributed by atoms with van der Waals surface area (Å²) in [5, 5.41) is 121. The first-order valence-corrected chi connectivity index (χ1v) is 44.2. The first kappa shape index (κ1) is 99.4. The van der Waals surface area contributed by atoms with E-state index in [1.807, 2.05) is 0 Å². The van der Waals surface area contributed by atoms with Crippen LogP contribution in [0.4, 0.5) is 0 Å². The Morgan fingerprint density at radius 2 is 0.639 bits per heavy atom. The molecule has 3 aliphatic rings. The van der Waals surface area contributed by atoms with Crippen molar-refractivity contribution in [3.63, 3.8) is 0 Å². The van der Waals surface area contributed by atoms with Crippen molar-refractivity contribution in [3.05, 3.63) is 72.9 Å². The van der Waals surface area contributed by atoms with Crippen LogP contribution in [0.3, 0.4) is 0 Å². The van der Waals surface area contributed by atoms with Crippen LogP contribution in [0.2, 0.25) is 0 Å². The Kier molecular flexibility index (Phi) is 63.2. The number of amides is 1. The smallest absolute Gasteiger partial charge is 0.220 e. The second kappa shape index (κ2) is 68.6. The van der Waals surface area contributed by atoms with Crippen molar-refractivity contribution >= 4 is 5.91 Å². The molecular formula is C89H161NO18. The van der Waals surface area contributed by atoms with Gasteiger partial charge >= 0.3 is 0 Å². The minimum Gasteiger partial charge on any atom is -0.394 e. The van der Waals surface area contributed by atoms with Crippen LogP contribution < -0.4 is 5.32 Å². The van der Waals surface area contributed by atoms with E-state index in [9.17, 15) is 61.0 Å². The number of rotatable bonds is 71. The number of hydrogen-bond donors (Lipinski definition) is 12. The predicted molar refractivity (Wildman–Crippen MR) is 434 cm³/mol. The third-order valence-corrected chi connectivity index (χ3v) is 21.8. The molecule has 12 N–H and O–H groups in total. The maximum atomic E-state index is 13.5. The third-order valence-electron chi connectivity index (χ3n) is 21.8. The monoisotopic (exact) mass is 1530 g/mol. The van der Waals surface area contributed by atoms with Gasteiger partial charge in [0.25, 0.3) is 0 Å². The lowest BCUT2D eigenvalue weighted by atomic mass is 9.96. The minimum atomic E-state index is -1.97. The van der Waals surface area contributed by atoms with Gasteiger partial charge < -0.3 is 89.9 Å². The van der Waals surface area contributed by atoms with Crippen molar-refractivity contribution in [2.45, 2.75) is 458 Å². The van der Waals surface area contributed by atoms with Crippen LogP contribution in [0.15, 0.2) is 72.9 Å². The molecule has 1 amide bonds. The number of carbonyl (C=O) groups is 1.